The third kappa shape index (κ3) is 3.74. The van der Waals surface area contributed by atoms with E-state index in [2.05, 4.69) is 22.9 Å². The Balaban J connectivity index is 0.000000921. The molecule has 15 heavy (non-hydrogen) atoms. The average molecular weight is 275 g/mol. The molecule has 0 saturated heterocycles. The zero-order valence-electron chi connectivity index (χ0n) is 10.1. The first-order chi connectivity index (χ1) is 7.22. The maximum absolute atomic E-state index is 5.19. The van der Waals surface area contributed by atoms with Gasteiger partial charge in [-0.3, -0.25) is 0 Å². The van der Waals surface area contributed by atoms with Gasteiger partial charge in [0.15, 0.2) is 11.5 Å². The maximum atomic E-state index is 5.19. The number of rotatable bonds is 3. The summed E-state index contributed by atoms with van der Waals surface area (Å²) in [7, 11) is 3.28. The van der Waals surface area contributed by atoms with E-state index in [0.717, 1.165) is 22.4 Å². The Hall–Kier alpha value is -0.700. The Morgan fingerprint density at radius 1 is 1.07 bits per heavy atom. The molecule has 0 radical (unpaired) electrons. The van der Waals surface area contributed by atoms with Crippen molar-refractivity contribution in [2.45, 2.75) is 27.2 Å². The SMILES string of the molecule is CC.CCc1cc(OC)c(OC)cc1Br. The van der Waals surface area contributed by atoms with Gasteiger partial charge in [0.05, 0.1) is 14.2 Å². The molecule has 0 aliphatic rings. The minimum atomic E-state index is 0.756. The van der Waals surface area contributed by atoms with Crippen molar-refractivity contribution in [3.8, 4) is 11.5 Å². The molecule has 3 heteroatoms. The predicted octanol–water partition coefficient (Wildman–Crippen LogP) is 4.05. The third-order valence-corrected chi connectivity index (χ3v) is 2.67. The Kier molecular flexibility index (Phi) is 7.22. The van der Waals surface area contributed by atoms with E-state index in [1.165, 1.54) is 5.56 Å². The van der Waals surface area contributed by atoms with Crippen LogP contribution >= 0.6 is 15.9 Å². The van der Waals surface area contributed by atoms with Gasteiger partial charge in [-0.25, -0.2) is 0 Å². The second-order valence-electron chi connectivity index (χ2n) is 2.65. The van der Waals surface area contributed by atoms with E-state index in [1.54, 1.807) is 14.2 Å². The second-order valence-corrected chi connectivity index (χ2v) is 3.51. The van der Waals surface area contributed by atoms with Crippen LogP contribution in [0.15, 0.2) is 16.6 Å². The fourth-order valence-electron chi connectivity index (χ4n) is 1.17. The highest BCUT2D eigenvalue weighted by Crippen LogP contribution is 2.33. The molecule has 1 rings (SSSR count). The van der Waals surface area contributed by atoms with Gasteiger partial charge in [0.2, 0.25) is 0 Å². The molecular weight excluding hydrogens is 256 g/mol. The minimum absolute atomic E-state index is 0.756. The number of methoxy groups -OCH3 is 2. The highest BCUT2D eigenvalue weighted by Gasteiger charge is 2.07. The summed E-state index contributed by atoms with van der Waals surface area (Å²) in [4.78, 5) is 0. The Morgan fingerprint density at radius 3 is 1.93 bits per heavy atom. The first-order valence-electron chi connectivity index (χ1n) is 5.13. The first kappa shape index (κ1) is 14.3. The van der Waals surface area contributed by atoms with Crippen molar-refractivity contribution >= 4 is 15.9 Å². The molecule has 0 amide bonds. The van der Waals surface area contributed by atoms with Gasteiger partial charge in [-0.1, -0.05) is 36.7 Å². The first-order valence-corrected chi connectivity index (χ1v) is 5.92. The molecule has 0 aromatic heterocycles. The Morgan fingerprint density at radius 2 is 1.53 bits per heavy atom. The van der Waals surface area contributed by atoms with Gasteiger partial charge in [-0.15, -0.1) is 0 Å². The van der Waals surface area contributed by atoms with Crippen LogP contribution in [0.4, 0.5) is 0 Å². The highest BCUT2D eigenvalue weighted by molar-refractivity contribution is 9.10. The summed E-state index contributed by atoms with van der Waals surface area (Å²) in [5.41, 5.74) is 1.22. The summed E-state index contributed by atoms with van der Waals surface area (Å²) in [6.07, 6.45) is 0.973. The number of benzene rings is 1. The van der Waals surface area contributed by atoms with Crippen molar-refractivity contribution in [1.82, 2.24) is 0 Å². The summed E-state index contributed by atoms with van der Waals surface area (Å²) < 4.78 is 11.4. The van der Waals surface area contributed by atoms with Gasteiger partial charge in [-0.2, -0.15) is 0 Å². The fraction of sp³-hybridized carbons (Fsp3) is 0.500. The van der Waals surface area contributed by atoms with E-state index in [1.807, 2.05) is 26.0 Å². The van der Waals surface area contributed by atoms with Gasteiger partial charge in [-0.05, 0) is 24.1 Å². The molecule has 0 heterocycles. The zero-order valence-corrected chi connectivity index (χ0v) is 11.6. The molecular formula is C12H19BrO2. The van der Waals surface area contributed by atoms with Crippen molar-refractivity contribution in [2.75, 3.05) is 14.2 Å². The molecule has 0 spiro atoms. The molecule has 1 aromatic rings. The lowest BCUT2D eigenvalue weighted by Gasteiger charge is -2.10. The normalized spacial score (nSPS) is 8.93. The molecule has 0 aliphatic heterocycles. The predicted molar refractivity (Wildman–Crippen MR) is 68.0 cm³/mol. The van der Waals surface area contributed by atoms with Gasteiger partial charge in [0.1, 0.15) is 0 Å². The van der Waals surface area contributed by atoms with Crippen LogP contribution in [0.1, 0.15) is 26.3 Å². The molecule has 2 nitrogen and oxygen atoms in total. The van der Waals surface area contributed by atoms with Crippen LogP contribution in [0, 0.1) is 0 Å². The van der Waals surface area contributed by atoms with Crippen LogP contribution in [-0.4, -0.2) is 14.2 Å². The van der Waals surface area contributed by atoms with E-state index in [4.69, 9.17) is 9.47 Å². The molecule has 0 saturated carbocycles. The van der Waals surface area contributed by atoms with Crippen LogP contribution in [-0.2, 0) is 6.42 Å². The Bertz CT molecular complexity index is 298. The smallest absolute Gasteiger partial charge is 0.161 e. The van der Waals surface area contributed by atoms with Crippen molar-refractivity contribution in [3.05, 3.63) is 22.2 Å². The van der Waals surface area contributed by atoms with Crippen LogP contribution < -0.4 is 9.47 Å². The monoisotopic (exact) mass is 274 g/mol. The largest absolute Gasteiger partial charge is 0.493 e. The van der Waals surface area contributed by atoms with Crippen LogP contribution in [0.2, 0.25) is 0 Å². The van der Waals surface area contributed by atoms with Crippen LogP contribution in [0.25, 0.3) is 0 Å². The van der Waals surface area contributed by atoms with Gasteiger partial charge < -0.3 is 9.47 Å². The molecule has 0 N–H and O–H groups in total. The van der Waals surface area contributed by atoms with E-state index in [9.17, 15) is 0 Å². The number of hydrogen-bond donors (Lipinski definition) is 0. The lowest BCUT2D eigenvalue weighted by atomic mass is 10.1. The van der Waals surface area contributed by atoms with E-state index in [0.29, 0.717) is 0 Å². The highest BCUT2D eigenvalue weighted by atomic mass is 79.9. The van der Waals surface area contributed by atoms with Crippen LogP contribution in [0.3, 0.4) is 0 Å². The topological polar surface area (TPSA) is 18.5 Å². The molecule has 0 bridgehead atoms. The molecule has 0 fully saturated rings. The van der Waals surface area contributed by atoms with Gasteiger partial charge in [0.25, 0.3) is 0 Å². The minimum Gasteiger partial charge on any atom is -0.493 e. The number of hydrogen-bond acceptors (Lipinski definition) is 2. The van der Waals surface area contributed by atoms with Crippen molar-refractivity contribution in [3.63, 3.8) is 0 Å². The average Bonchev–Trinajstić information content (AvgIpc) is 2.31. The summed E-state index contributed by atoms with van der Waals surface area (Å²) in [6.45, 7) is 6.10. The molecule has 0 aliphatic carbocycles. The van der Waals surface area contributed by atoms with Crippen molar-refractivity contribution in [1.29, 1.82) is 0 Å². The summed E-state index contributed by atoms with van der Waals surface area (Å²) in [5.74, 6) is 1.54. The van der Waals surface area contributed by atoms with E-state index < -0.39 is 0 Å². The lowest BCUT2D eigenvalue weighted by molar-refractivity contribution is 0.354. The Labute approximate surface area is 101 Å². The van der Waals surface area contributed by atoms with Crippen molar-refractivity contribution < 1.29 is 9.47 Å². The van der Waals surface area contributed by atoms with Crippen molar-refractivity contribution in [2.24, 2.45) is 0 Å². The zero-order chi connectivity index (χ0) is 11.8. The molecule has 0 atom stereocenters. The molecule has 86 valence electrons. The summed E-state index contributed by atoms with van der Waals surface area (Å²) >= 11 is 3.48. The number of aryl methyl sites for hydroxylation is 1. The maximum Gasteiger partial charge on any atom is 0.161 e. The summed E-state index contributed by atoms with van der Waals surface area (Å²) in [5, 5.41) is 0. The fourth-order valence-corrected chi connectivity index (χ4v) is 1.77. The second kappa shape index (κ2) is 7.57. The standard InChI is InChI=1S/C10H13BrO2.C2H6/c1-4-7-5-9(12-2)10(13-3)6-8(7)11;1-2/h5-6H,4H2,1-3H3;1-2H3. The van der Waals surface area contributed by atoms with Gasteiger partial charge in [0, 0.05) is 4.47 Å². The van der Waals surface area contributed by atoms with E-state index >= 15 is 0 Å². The quantitative estimate of drug-likeness (QED) is 0.828. The third-order valence-electron chi connectivity index (χ3n) is 1.93. The number of ether oxygens (including phenoxy) is 2. The number of halogens is 1. The molecule has 1 aromatic carbocycles. The van der Waals surface area contributed by atoms with Gasteiger partial charge >= 0.3 is 0 Å². The molecule has 0 unspecified atom stereocenters. The van der Waals surface area contributed by atoms with E-state index in [-0.39, 0.29) is 0 Å². The summed E-state index contributed by atoms with van der Waals surface area (Å²) in [6, 6.07) is 3.92. The van der Waals surface area contributed by atoms with Crippen LogP contribution in [0.5, 0.6) is 11.5 Å². The lowest BCUT2D eigenvalue weighted by Crippen LogP contribution is -1.93.